The van der Waals surface area contributed by atoms with Crippen molar-refractivity contribution in [2.24, 2.45) is 0 Å². The van der Waals surface area contributed by atoms with Crippen molar-refractivity contribution in [2.75, 3.05) is 19.7 Å². The smallest absolute Gasteiger partial charge is 0.410 e. The first kappa shape index (κ1) is 21.9. The van der Waals surface area contributed by atoms with Crippen LogP contribution in [0.5, 0.6) is 5.75 Å². The van der Waals surface area contributed by atoms with Crippen LogP contribution in [0.2, 0.25) is 0 Å². The molecule has 2 aromatic carbocycles. The van der Waals surface area contributed by atoms with Gasteiger partial charge in [-0.2, -0.15) is 0 Å². The Kier molecular flexibility index (Phi) is 7.50. The lowest BCUT2D eigenvalue weighted by Gasteiger charge is -2.31. The number of nitrogens with zero attached hydrogens (tertiary/aromatic N) is 1. The largest absolute Gasteiger partial charge is 0.494 e. The van der Waals surface area contributed by atoms with Gasteiger partial charge in [-0.3, -0.25) is 4.79 Å². The summed E-state index contributed by atoms with van der Waals surface area (Å²) in [7, 11) is 0. The number of hydrogen-bond acceptors (Lipinski definition) is 4. The minimum Gasteiger partial charge on any atom is -0.494 e. The van der Waals surface area contributed by atoms with Gasteiger partial charge in [-0.15, -0.1) is 0 Å². The average Bonchev–Trinajstić information content (AvgIpc) is 2.77. The lowest BCUT2D eigenvalue weighted by molar-refractivity contribution is 0.00275. The molecule has 0 atom stereocenters. The Morgan fingerprint density at radius 3 is 2.20 bits per heavy atom. The van der Waals surface area contributed by atoms with Gasteiger partial charge in [0.05, 0.1) is 6.61 Å². The SMILES string of the molecule is CC(C)(CCCOc1ccc(C(=O)c2ccccc2)cc1)OC(=O)N1CCCCC1. The van der Waals surface area contributed by atoms with Gasteiger partial charge in [-0.05, 0) is 70.2 Å². The fraction of sp³-hybridized carbons (Fsp3) is 0.440. The van der Waals surface area contributed by atoms with Crippen molar-refractivity contribution in [3.05, 3.63) is 65.7 Å². The number of ether oxygens (including phenoxy) is 2. The molecule has 5 nitrogen and oxygen atoms in total. The highest BCUT2D eigenvalue weighted by molar-refractivity contribution is 6.08. The second-order valence-electron chi connectivity index (χ2n) is 8.35. The Labute approximate surface area is 179 Å². The number of piperidine rings is 1. The quantitative estimate of drug-likeness (QED) is 0.428. The number of rotatable bonds is 8. The number of amides is 1. The summed E-state index contributed by atoms with van der Waals surface area (Å²) in [6, 6.07) is 16.4. The van der Waals surface area contributed by atoms with Gasteiger partial charge in [-0.25, -0.2) is 4.79 Å². The summed E-state index contributed by atoms with van der Waals surface area (Å²) in [6.45, 7) is 6.00. The summed E-state index contributed by atoms with van der Waals surface area (Å²) < 4.78 is 11.5. The van der Waals surface area contributed by atoms with Crippen molar-refractivity contribution in [2.45, 2.75) is 51.6 Å². The average molecular weight is 410 g/mol. The monoisotopic (exact) mass is 409 g/mol. The fourth-order valence-electron chi connectivity index (χ4n) is 3.58. The maximum atomic E-state index is 12.4. The molecular formula is C25H31NO4. The zero-order valence-electron chi connectivity index (χ0n) is 17.9. The Morgan fingerprint density at radius 2 is 1.53 bits per heavy atom. The highest BCUT2D eigenvalue weighted by atomic mass is 16.6. The lowest BCUT2D eigenvalue weighted by atomic mass is 10.0. The molecule has 0 spiro atoms. The molecule has 1 saturated heterocycles. The van der Waals surface area contributed by atoms with E-state index in [1.54, 1.807) is 17.0 Å². The number of likely N-dealkylation sites (tertiary alicyclic amines) is 1. The van der Waals surface area contributed by atoms with E-state index in [0.717, 1.165) is 44.5 Å². The summed E-state index contributed by atoms with van der Waals surface area (Å²) in [4.78, 5) is 26.6. The van der Waals surface area contributed by atoms with Gasteiger partial charge in [0.15, 0.2) is 5.78 Å². The predicted molar refractivity (Wildman–Crippen MR) is 117 cm³/mol. The van der Waals surface area contributed by atoms with Crippen LogP contribution in [0.25, 0.3) is 0 Å². The van der Waals surface area contributed by atoms with Crippen molar-refractivity contribution in [1.29, 1.82) is 0 Å². The van der Waals surface area contributed by atoms with Gasteiger partial charge in [0, 0.05) is 24.2 Å². The summed E-state index contributed by atoms with van der Waals surface area (Å²) >= 11 is 0. The van der Waals surface area contributed by atoms with Crippen molar-refractivity contribution in [1.82, 2.24) is 4.90 Å². The molecule has 0 bridgehead atoms. The molecule has 0 unspecified atom stereocenters. The fourth-order valence-corrected chi connectivity index (χ4v) is 3.58. The maximum absolute atomic E-state index is 12.4. The molecular weight excluding hydrogens is 378 g/mol. The van der Waals surface area contributed by atoms with Gasteiger partial charge < -0.3 is 14.4 Å². The normalized spacial score (nSPS) is 14.3. The Bertz CT molecular complexity index is 824. The topological polar surface area (TPSA) is 55.8 Å². The van der Waals surface area contributed by atoms with E-state index in [1.807, 2.05) is 56.3 Å². The number of carbonyl (C=O) groups is 2. The van der Waals surface area contributed by atoms with E-state index >= 15 is 0 Å². The molecule has 0 aromatic heterocycles. The van der Waals surface area contributed by atoms with Gasteiger partial charge >= 0.3 is 6.09 Å². The molecule has 0 aliphatic carbocycles. The molecule has 1 amide bonds. The Hall–Kier alpha value is -2.82. The number of benzene rings is 2. The van der Waals surface area contributed by atoms with E-state index in [1.165, 1.54) is 6.42 Å². The van der Waals surface area contributed by atoms with Crippen molar-refractivity contribution < 1.29 is 19.1 Å². The van der Waals surface area contributed by atoms with Crippen LogP contribution < -0.4 is 4.74 Å². The third-order valence-electron chi connectivity index (χ3n) is 5.32. The molecule has 5 heteroatoms. The van der Waals surface area contributed by atoms with E-state index in [-0.39, 0.29) is 11.9 Å². The van der Waals surface area contributed by atoms with Crippen LogP contribution in [0.4, 0.5) is 4.79 Å². The second-order valence-corrected chi connectivity index (χ2v) is 8.35. The molecule has 1 aliphatic heterocycles. The predicted octanol–water partition coefficient (Wildman–Crippen LogP) is 5.48. The summed E-state index contributed by atoms with van der Waals surface area (Å²) in [5.41, 5.74) is 0.788. The first-order valence-corrected chi connectivity index (χ1v) is 10.8. The first-order valence-electron chi connectivity index (χ1n) is 10.8. The van der Waals surface area contributed by atoms with Crippen LogP contribution in [0.1, 0.15) is 61.9 Å². The Balaban J connectivity index is 1.41. The molecule has 0 saturated carbocycles. The van der Waals surface area contributed by atoms with E-state index < -0.39 is 5.60 Å². The summed E-state index contributed by atoms with van der Waals surface area (Å²) in [6.07, 6.45) is 4.57. The van der Waals surface area contributed by atoms with Crippen molar-refractivity contribution in [3.8, 4) is 5.75 Å². The van der Waals surface area contributed by atoms with Crippen LogP contribution >= 0.6 is 0 Å². The van der Waals surface area contributed by atoms with E-state index in [2.05, 4.69) is 0 Å². The molecule has 30 heavy (non-hydrogen) atoms. The van der Waals surface area contributed by atoms with Gasteiger partial charge in [-0.1, -0.05) is 30.3 Å². The molecule has 160 valence electrons. The highest BCUT2D eigenvalue weighted by Crippen LogP contribution is 2.21. The minimum atomic E-state index is -0.524. The lowest BCUT2D eigenvalue weighted by Crippen LogP contribution is -2.40. The molecule has 1 fully saturated rings. The van der Waals surface area contributed by atoms with Crippen LogP contribution in [-0.4, -0.2) is 42.1 Å². The molecule has 2 aromatic rings. The molecule has 0 radical (unpaired) electrons. The first-order chi connectivity index (χ1) is 14.4. The molecule has 3 rings (SSSR count). The van der Waals surface area contributed by atoms with E-state index in [4.69, 9.17) is 9.47 Å². The zero-order valence-corrected chi connectivity index (χ0v) is 17.9. The van der Waals surface area contributed by atoms with Crippen molar-refractivity contribution in [3.63, 3.8) is 0 Å². The Morgan fingerprint density at radius 1 is 0.900 bits per heavy atom. The van der Waals surface area contributed by atoms with E-state index in [0.29, 0.717) is 17.7 Å². The summed E-state index contributed by atoms with van der Waals surface area (Å²) in [5.74, 6) is 0.724. The van der Waals surface area contributed by atoms with Crippen molar-refractivity contribution >= 4 is 11.9 Å². The molecule has 0 N–H and O–H groups in total. The maximum Gasteiger partial charge on any atom is 0.410 e. The third-order valence-corrected chi connectivity index (χ3v) is 5.32. The standard InChI is InChI=1S/C25H31NO4/c1-25(2,30-24(28)26-17-7-4-8-18-26)16-9-19-29-22-14-12-21(13-15-22)23(27)20-10-5-3-6-11-20/h3,5-6,10-15H,4,7-9,16-19H2,1-2H3. The van der Waals surface area contributed by atoms with E-state index in [9.17, 15) is 9.59 Å². The molecule has 1 aliphatic rings. The van der Waals surface area contributed by atoms with Crippen LogP contribution in [0, 0.1) is 0 Å². The third kappa shape index (κ3) is 6.34. The van der Waals surface area contributed by atoms with Crippen LogP contribution in [0.3, 0.4) is 0 Å². The number of hydrogen-bond donors (Lipinski definition) is 0. The number of ketones is 1. The molecule has 1 heterocycles. The van der Waals surface area contributed by atoms with Crippen LogP contribution in [-0.2, 0) is 4.74 Å². The number of carbonyl (C=O) groups excluding carboxylic acids is 2. The highest BCUT2D eigenvalue weighted by Gasteiger charge is 2.26. The summed E-state index contributed by atoms with van der Waals surface area (Å²) in [5, 5.41) is 0. The second kappa shape index (κ2) is 10.3. The van der Waals surface area contributed by atoms with Crippen LogP contribution in [0.15, 0.2) is 54.6 Å². The zero-order chi connectivity index (χ0) is 21.4. The minimum absolute atomic E-state index is 0.000536. The van der Waals surface area contributed by atoms with Gasteiger partial charge in [0.1, 0.15) is 11.4 Å². The van der Waals surface area contributed by atoms with Gasteiger partial charge in [0.2, 0.25) is 0 Å². The van der Waals surface area contributed by atoms with Gasteiger partial charge in [0.25, 0.3) is 0 Å².